The molecule has 1 spiro atoms. The van der Waals surface area contributed by atoms with Crippen molar-refractivity contribution in [3.8, 4) is 11.8 Å². The molecule has 0 aliphatic carbocycles. The molecule has 198 valence electrons. The minimum absolute atomic E-state index is 0.0113. The first-order chi connectivity index (χ1) is 16.8. The van der Waals surface area contributed by atoms with E-state index in [9.17, 15) is 14.4 Å². The normalized spacial score (nSPS) is 16.3. The monoisotopic (exact) mass is 500 g/mol. The zero-order valence-corrected chi connectivity index (χ0v) is 22.7. The van der Waals surface area contributed by atoms with Crippen LogP contribution in [0, 0.1) is 16.7 Å². The fourth-order valence-electron chi connectivity index (χ4n) is 4.20. The summed E-state index contributed by atoms with van der Waals surface area (Å²) in [6.07, 6.45) is 2.26. The van der Waals surface area contributed by atoms with Gasteiger partial charge in [-0.25, -0.2) is 4.79 Å². The van der Waals surface area contributed by atoms with E-state index in [1.165, 1.54) is 4.90 Å². The molecule has 1 aromatic rings. The van der Waals surface area contributed by atoms with Crippen LogP contribution in [0.1, 0.15) is 64.5 Å². The number of piperidine rings is 1. The van der Waals surface area contributed by atoms with Crippen LogP contribution < -0.4 is 4.74 Å². The number of hydrogen-bond donors (Lipinski definition) is 0. The van der Waals surface area contributed by atoms with E-state index in [0.29, 0.717) is 37.5 Å². The minimum atomic E-state index is -0.486. The third-order valence-corrected chi connectivity index (χ3v) is 6.20. The van der Waals surface area contributed by atoms with Crippen molar-refractivity contribution in [1.29, 1.82) is 5.26 Å². The molecule has 0 unspecified atom stereocenters. The Balaban J connectivity index is 0.000000830. The Morgan fingerprint density at radius 3 is 2.22 bits per heavy atom. The quantitative estimate of drug-likeness (QED) is 0.572. The molecule has 36 heavy (non-hydrogen) atoms. The highest BCUT2D eigenvalue weighted by molar-refractivity contribution is 5.78. The molecule has 2 fully saturated rings. The van der Waals surface area contributed by atoms with E-state index < -0.39 is 5.60 Å². The number of nitrogens with zero attached hydrogens (tertiary/aromatic N) is 4. The maximum Gasteiger partial charge on any atom is 0.410 e. The second-order valence-electron chi connectivity index (χ2n) is 11.1. The summed E-state index contributed by atoms with van der Waals surface area (Å²) in [6, 6.07) is 7.45. The number of amides is 3. The van der Waals surface area contributed by atoms with E-state index in [-0.39, 0.29) is 29.9 Å². The molecule has 2 saturated heterocycles. The zero-order chi connectivity index (χ0) is 27.1. The van der Waals surface area contributed by atoms with Gasteiger partial charge in [0.05, 0.1) is 11.6 Å². The van der Waals surface area contributed by atoms with E-state index >= 15 is 0 Å². The van der Waals surface area contributed by atoms with Gasteiger partial charge in [0.2, 0.25) is 6.41 Å². The molecular formula is C27H40N4O5. The van der Waals surface area contributed by atoms with Gasteiger partial charge in [0.25, 0.3) is 5.91 Å². The number of ether oxygens (including phenoxy) is 2. The Kier molecular flexibility index (Phi) is 9.74. The van der Waals surface area contributed by atoms with Crippen molar-refractivity contribution in [2.24, 2.45) is 5.41 Å². The van der Waals surface area contributed by atoms with E-state index in [1.807, 2.05) is 45.6 Å². The van der Waals surface area contributed by atoms with Crippen LogP contribution in [-0.2, 0) is 14.3 Å². The van der Waals surface area contributed by atoms with E-state index in [0.717, 1.165) is 24.8 Å². The van der Waals surface area contributed by atoms with Crippen LogP contribution in [0.15, 0.2) is 18.2 Å². The first-order valence-electron chi connectivity index (χ1n) is 12.3. The van der Waals surface area contributed by atoms with Crippen LogP contribution in [0.5, 0.6) is 5.75 Å². The minimum Gasteiger partial charge on any atom is -0.483 e. The van der Waals surface area contributed by atoms with Crippen LogP contribution in [0.2, 0.25) is 0 Å². The van der Waals surface area contributed by atoms with Crippen molar-refractivity contribution in [3.63, 3.8) is 0 Å². The molecule has 0 atom stereocenters. The predicted molar refractivity (Wildman–Crippen MR) is 137 cm³/mol. The van der Waals surface area contributed by atoms with Crippen molar-refractivity contribution in [2.75, 3.05) is 46.9 Å². The number of carbonyl (C=O) groups excluding carboxylic acids is 3. The Morgan fingerprint density at radius 1 is 1.17 bits per heavy atom. The van der Waals surface area contributed by atoms with Crippen molar-refractivity contribution in [1.82, 2.24) is 14.7 Å². The van der Waals surface area contributed by atoms with Gasteiger partial charge in [0.1, 0.15) is 11.4 Å². The van der Waals surface area contributed by atoms with Crippen LogP contribution in [0.25, 0.3) is 0 Å². The van der Waals surface area contributed by atoms with Gasteiger partial charge in [0.15, 0.2) is 6.61 Å². The van der Waals surface area contributed by atoms with Gasteiger partial charge in [-0.1, -0.05) is 13.8 Å². The largest absolute Gasteiger partial charge is 0.483 e. The molecule has 0 saturated carbocycles. The molecule has 3 amide bonds. The molecule has 9 nitrogen and oxygen atoms in total. The lowest BCUT2D eigenvalue weighted by Gasteiger charge is -2.53. The molecule has 0 bridgehead atoms. The molecular weight excluding hydrogens is 460 g/mol. The molecule has 0 N–H and O–H groups in total. The fourth-order valence-corrected chi connectivity index (χ4v) is 4.20. The van der Waals surface area contributed by atoms with Crippen LogP contribution in [-0.4, -0.2) is 85.6 Å². The predicted octanol–water partition coefficient (Wildman–Crippen LogP) is 3.62. The molecule has 0 aromatic heterocycles. The second-order valence-corrected chi connectivity index (χ2v) is 11.1. The number of nitriles is 1. The van der Waals surface area contributed by atoms with E-state index in [2.05, 4.69) is 6.07 Å². The van der Waals surface area contributed by atoms with Crippen LogP contribution in [0.3, 0.4) is 0 Å². The second kappa shape index (κ2) is 12.1. The Bertz CT molecular complexity index is 961. The highest BCUT2D eigenvalue weighted by atomic mass is 16.6. The number of carbonyl (C=O) groups is 3. The first-order valence-corrected chi connectivity index (χ1v) is 12.3. The van der Waals surface area contributed by atoms with E-state index in [1.54, 1.807) is 31.1 Å². The summed E-state index contributed by atoms with van der Waals surface area (Å²) in [7, 11) is 3.38. The molecule has 2 aliphatic rings. The molecule has 1 aromatic carbocycles. The highest BCUT2D eigenvalue weighted by Gasteiger charge is 2.48. The summed E-state index contributed by atoms with van der Waals surface area (Å²) in [5.74, 6) is 0.819. The first kappa shape index (κ1) is 29.0. The third-order valence-electron chi connectivity index (χ3n) is 6.20. The van der Waals surface area contributed by atoms with Crippen molar-refractivity contribution >= 4 is 18.4 Å². The lowest BCUT2D eigenvalue weighted by Crippen LogP contribution is -2.63. The van der Waals surface area contributed by atoms with Crippen molar-refractivity contribution in [2.45, 2.75) is 59.0 Å². The number of benzene rings is 1. The van der Waals surface area contributed by atoms with Gasteiger partial charge >= 0.3 is 6.09 Å². The van der Waals surface area contributed by atoms with Gasteiger partial charge in [0, 0.05) is 45.7 Å². The molecule has 3 rings (SSSR count). The maximum atomic E-state index is 12.7. The summed E-state index contributed by atoms with van der Waals surface area (Å²) in [6.45, 7) is 12.4. The summed E-state index contributed by atoms with van der Waals surface area (Å²) >= 11 is 0. The smallest absolute Gasteiger partial charge is 0.410 e. The molecule has 2 heterocycles. The SMILES string of the molecule is CC(C)c1cc(C#N)ccc1OCC(=O)N1CCC2(CC1)CN(C(=O)OC(C)(C)C)C2.CN(C)C=O. The lowest BCUT2D eigenvalue weighted by atomic mass is 9.72. The van der Waals surface area contributed by atoms with Gasteiger partial charge in [-0.2, -0.15) is 5.26 Å². The zero-order valence-electron chi connectivity index (χ0n) is 22.7. The van der Waals surface area contributed by atoms with E-state index in [4.69, 9.17) is 14.7 Å². The summed E-state index contributed by atoms with van der Waals surface area (Å²) in [4.78, 5) is 39.3. The van der Waals surface area contributed by atoms with Gasteiger partial charge in [-0.15, -0.1) is 0 Å². The molecule has 2 aliphatic heterocycles. The van der Waals surface area contributed by atoms with Crippen LogP contribution in [0.4, 0.5) is 4.79 Å². The fraction of sp³-hybridized carbons (Fsp3) is 0.630. The molecule has 0 radical (unpaired) electrons. The molecule has 9 heteroatoms. The standard InChI is InChI=1S/C24H33N3O4.C3H7NO/c1-17(2)19-12-18(13-25)6-7-20(19)30-14-21(28)26-10-8-24(9-11-26)15-27(16-24)22(29)31-23(3,4)5;1-4(2)3-5/h6-7,12,17H,8-11,14-16H2,1-5H3;3H,1-2H3. The average Bonchev–Trinajstić information content (AvgIpc) is 2.80. The third kappa shape index (κ3) is 8.14. The number of hydrogen-bond acceptors (Lipinski definition) is 6. The topological polar surface area (TPSA) is 103 Å². The van der Waals surface area contributed by atoms with Crippen molar-refractivity contribution < 1.29 is 23.9 Å². The lowest BCUT2D eigenvalue weighted by molar-refractivity contribution is -0.138. The summed E-state index contributed by atoms with van der Waals surface area (Å²) in [5, 5.41) is 9.11. The van der Waals surface area contributed by atoms with Crippen molar-refractivity contribution in [3.05, 3.63) is 29.3 Å². The Hall–Kier alpha value is -3.28. The number of likely N-dealkylation sites (tertiary alicyclic amines) is 2. The average molecular weight is 501 g/mol. The summed E-state index contributed by atoms with van der Waals surface area (Å²) < 4.78 is 11.3. The highest BCUT2D eigenvalue weighted by Crippen LogP contribution is 2.41. The van der Waals surface area contributed by atoms with Crippen LogP contribution >= 0.6 is 0 Å². The van der Waals surface area contributed by atoms with Gasteiger partial charge in [-0.05, 0) is 63.3 Å². The Labute approximate surface area is 214 Å². The maximum absolute atomic E-state index is 12.7. The summed E-state index contributed by atoms with van der Waals surface area (Å²) in [5.41, 5.74) is 1.14. The van der Waals surface area contributed by atoms with Gasteiger partial charge in [-0.3, -0.25) is 9.59 Å². The Morgan fingerprint density at radius 2 is 1.75 bits per heavy atom. The van der Waals surface area contributed by atoms with Gasteiger partial charge < -0.3 is 24.2 Å². The number of rotatable bonds is 5.